The summed E-state index contributed by atoms with van der Waals surface area (Å²) in [6.07, 6.45) is -2.33. The Morgan fingerprint density at radius 3 is 2.71 bits per heavy atom. The second-order valence-electron chi connectivity index (χ2n) is 8.94. The van der Waals surface area contributed by atoms with Crippen molar-refractivity contribution in [2.45, 2.75) is 51.3 Å². The molecule has 2 aromatic carbocycles. The van der Waals surface area contributed by atoms with Crippen molar-refractivity contribution in [2.75, 3.05) is 23.6 Å². The number of halogens is 2. The monoisotopic (exact) mass is 502 g/mol. The lowest BCUT2D eigenvalue weighted by Crippen LogP contribution is -2.49. The summed E-state index contributed by atoms with van der Waals surface area (Å²) in [5.74, 6) is 0.496. The molecule has 4 N–H and O–H groups in total. The molecule has 3 atom stereocenters. The van der Waals surface area contributed by atoms with E-state index in [-0.39, 0.29) is 18.5 Å². The van der Waals surface area contributed by atoms with Gasteiger partial charge in [-0.2, -0.15) is 0 Å². The molecule has 0 fully saturated rings. The zero-order valence-electron chi connectivity index (χ0n) is 19.9. The third-order valence-electron chi connectivity index (χ3n) is 6.38. The van der Waals surface area contributed by atoms with Crippen molar-refractivity contribution in [1.82, 2.24) is 15.2 Å². The number of carbonyl (C=O) groups excluding carboxylic acids is 1. The molecule has 0 spiro atoms. The molecule has 2 heterocycles. The smallest absolute Gasteiger partial charge is 0.268 e. The summed E-state index contributed by atoms with van der Waals surface area (Å²) < 4.78 is 30.7. The molecule has 188 valence electrons. The van der Waals surface area contributed by atoms with E-state index in [1.54, 1.807) is 11.9 Å². The van der Waals surface area contributed by atoms with Crippen molar-refractivity contribution >= 4 is 34.4 Å². The number of amides is 1. The van der Waals surface area contributed by atoms with Crippen LogP contribution in [0.1, 0.15) is 41.5 Å². The second-order valence-corrected chi connectivity index (χ2v) is 9.76. The van der Waals surface area contributed by atoms with Crippen LogP contribution >= 0.6 is 11.9 Å². The first-order valence-corrected chi connectivity index (χ1v) is 12.9. The highest BCUT2D eigenvalue weighted by Crippen LogP contribution is 2.37. The van der Waals surface area contributed by atoms with Gasteiger partial charge in [-0.3, -0.25) is 4.79 Å². The maximum atomic E-state index is 13.7. The Morgan fingerprint density at radius 1 is 1.23 bits per heavy atom. The molecular weight excluding hydrogens is 470 g/mol. The molecule has 1 amide bonds. The molecule has 0 saturated carbocycles. The Morgan fingerprint density at radius 2 is 2.00 bits per heavy atom. The van der Waals surface area contributed by atoms with Crippen LogP contribution in [0.4, 0.5) is 14.5 Å². The number of aromatic nitrogens is 1. The number of hydrogen-bond donors (Lipinski definition) is 4. The van der Waals surface area contributed by atoms with Gasteiger partial charge in [-0.25, -0.2) is 8.78 Å². The van der Waals surface area contributed by atoms with Gasteiger partial charge in [-0.05, 0) is 43.0 Å². The lowest BCUT2D eigenvalue weighted by Gasteiger charge is -2.25. The number of alkyl halides is 2. The zero-order chi connectivity index (χ0) is 24.9. The number of aryl methyl sites for hydroxylation is 1. The molecule has 1 aliphatic heterocycles. The molecule has 4 rings (SSSR count). The fourth-order valence-corrected chi connectivity index (χ4v) is 5.41. The van der Waals surface area contributed by atoms with E-state index in [9.17, 15) is 18.7 Å². The number of nitrogens with zero attached hydrogens (tertiary/aromatic N) is 1. The minimum atomic E-state index is -2.51. The van der Waals surface area contributed by atoms with Crippen LogP contribution < -0.4 is 15.4 Å². The summed E-state index contributed by atoms with van der Waals surface area (Å²) >= 11 is 1.61. The van der Waals surface area contributed by atoms with E-state index >= 15 is 0 Å². The summed E-state index contributed by atoms with van der Waals surface area (Å²) in [5, 5.41) is 17.5. The van der Waals surface area contributed by atoms with Crippen LogP contribution in [0.2, 0.25) is 0 Å². The van der Waals surface area contributed by atoms with Gasteiger partial charge < -0.3 is 25.0 Å². The number of rotatable bonds is 10. The van der Waals surface area contributed by atoms with Crippen LogP contribution in [0, 0.1) is 0 Å². The van der Waals surface area contributed by atoms with Crippen LogP contribution in [-0.2, 0) is 12.8 Å². The average molecular weight is 503 g/mol. The first-order chi connectivity index (χ1) is 16.9. The molecule has 3 aromatic rings. The largest absolute Gasteiger partial charge is 0.390 e. The first-order valence-electron chi connectivity index (χ1n) is 11.9. The molecule has 0 bridgehead atoms. The van der Waals surface area contributed by atoms with Crippen LogP contribution in [0.3, 0.4) is 0 Å². The van der Waals surface area contributed by atoms with Gasteiger partial charge in [0, 0.05) is 23.7 Å². The van der Waals surface area contributed by atoms with Gasteiger partial charge in [0.05, 0.1) is 29.9 Å². The number of benzene rings is 2. The lowest BCUT2D eigenvalue weighted by molar-refractivity contribution is 0.0799. The maximum Gasteiger partial charge on any atom is 0.268 e. The van der Waals surface area contributed by atoms with E-state index in [1.807, 2.05) is 36.4 Å². The number of aliphatic hydroxyl groups is 1. The summed E-state index contributed by atoms with van der Waals surface area (Å²) in [6.45, 7) is 3.62. The van der Waals surface area contributed by atoms with Gasteiger partial charge in [0.2, 0.25) is 0 Å². The number of carbonyl (C=O) groups is 1. The second kappa shape index (κ2) is 11.4. The Labute approximate surface area is 208 Å². The summed E-state index contributed by atoms with van der Waals surface area (Å²) in [4.78, 5) is 13.7. The maximum absolute atomic E-state index is 13.7. The Balaban J connectivity index is 1.65. The van der Waals surface area contributed by atoms with Crippen LogP contribution in [-0.4, -0.2) is 53.0 Å². The zero-order valence-corrected chi connectivity index (χ0v) is 20.7. The minimum Gasteiger partial charge on any atom is -0.390 e. The summed E-state index contributed by atoms with van der Waals surface area (Å²) in [7, 11) is 0. The normalized spacial score (nSPS) is 17.1. The van der Waals surface area contributed by atoms with E-state index < -0.39 is 25.1 Å². The summed E-state index contributed by atoms with van der Waals surface area (Å²) in [6, 6.07) is 15.0. The molecular formula is C26H32F2N4O2S. The quantitative estimate of drug-likeness (QED) is 0.309. The number of anilines is 1. The van der Waals surface area contributed by atoms with Crippen molar-refractivity contribution in [3.8, 4) is 0 Å². The molecule has 1 aromatic heterocycles. The topological polar surface area (TPSA) is 78.3 Å². The van der Waals surface area contributed by atoms with Crippen LogP contribution in [0.15, 0.2) is 48.5 Å². The highest BCUT2D eigenvalue weighted by molar-refractivity contribution is 8.00. The van der Waals surface area contributed by atoms with E-state index in [1.165, 1.54) is 0 Å². The Bertz CT molecular complexity index is 1160. The Kier molecular flexibility index (Phi) is 8.30. The molecule has 9 heteroatoms. The SMILES string of the molecule is CCc1ccc2c3c1cc(C(=O)N[C@@H](Cc1ccccc1)[C@H](O)CNCC(F)F)n3C(C)CSN2. The van der Waals surface area contributed by atoms with Gasteiger partial charge >= 0.3 is 0 Å². The predicted octanol–water partition coefficient (Wildman–Crippen LogP) is 4.40. The standard InChI is InChI=1S/C26H32F2N4O2S/c1-3-18-9-10-20-25-19(18)12-22(32(25)16(2)15-35-31-20)26(34)30-21(11-17-7-5-4-6-8-17)23(33)13-29-14-24(27)28/h4-10,12,16,21,23-24,29,31,33H,3,11,13-15H2,1-2H3,(H,30,34)/t16?,21-,23+/m0/s1. The lowest BCUT2D eigenvalue weighted by atomic mass is 10.0. The van der Waals surface area contributed by atoms with Gasteiger partial charge in [0.15, 0.2) is 0 Å². The third-order valence-corrected chi connectivity index (χ3v) is 7.39. The third kappa shape index (κ3) is 5.79. The Hall–Kier alpha value is -2.62. The van der Waals surface area contributed by atoms with Crippen molar-refractivity contribution < 1.29 is 18.7 Å². The van der Waals surface area contributed by atoms with Crippen LogP contribution in [0.25, 0.3) is 10.9 Å². The molecule has 0 radical (unpaired) electrons. The summed E-state index contributed by atoms with van der Waals surface area (Å²) in [5.41, 5.74) is 4.61. The fourth-order valence-electron chi connectivity index (χ4n) is 4.61. The van der Waals surface area contributed by atoms with Gasteiger partial charge in [0.1, 0.15) is 5.69 Å². The van der Waals surface area contributed by atoms with E-state index in [0.717, 1.165) is 39.9 Å². The van der Waals surface area contributed by atoms with Gasteiger partial charge in [0.25, 0.3) is 12.3 Å². The van der Waals surface area contributed by atoms with Gasteiger partial charge in [-0.15, -0.1) is 0 Å². The molecule has 6 nitrogen and oxygen atoms in total. The van der Waals surface area contributed by atoms with E-state index in [0.29, 0.717) is 12.1 Å². The molecule has 1 unspecified atom stereocenters. The van der Waals surface area contributed by atoms with Crippen molar-refractivity contribution in [3.05, 3.63) is 65.4 Å². The van der Waals surface area contributed by atoms with Crippen molar-refractivity contribution in [2.24, 2.45) is 0 Å². The van der Waals surface area contributed by atoms with Crippen molar-refractivity contribution in [1.29, 1.82) is 0 Å². The van der Waals surface area contributed by atoms with E-state index in [2.05, 4.69) is 45.9 Å². The highest BCUT2D eigenvalue weighted by atomic mass is 32.2. The fraction of sp³-hybridized carbons (Fsp3) is 0.423. The van der Waals surface area contributed by atoms with Crippen LogP contribution in [0.5, 0.6) is 0 Å². The number of nitrogens with one attached hydrogen (secondary N) is 3. The number of aliphatic hydroxyl groups excluding tert-OH is 1. The molecule has 35 heavy (non-hydrogen) atoms. The average Bonchev–Trinajstić information content (AvgIpc) is 3.17. The molecule has 0 aliphatic carbocycles. The first kappa shape index (κ1) is 25.5. The predicted molar refractivity (Wildman–Crippen MR) is 138 cm³/mol. The molecule has 1 aliphatic rings. The van der Waals surface area contributed by atoms with E-state index in [4.69, 9.17) is 0 Å². The minimum absolute atomic E-state index is 0.0494. The van der Waals surface area contributed by atoms with Gasteiger partial charge in [-0.1, -0.05) is 55.3 Å². The number of hydrogen-bond acceptors (Lipinski definition) is 5. The molecule has 0 saturated heterocycles. The highest BCUT2D eigenvalue weighted by Gasteiger charge is 2.28. The van der Waals surface area contributed by atoms with Crippen molar-refractivity contribution in [3.63, 3.8) is 0 Å².